The van der Waals surface area contributed by atoms with Crippen LogP contribution in [-0.4, -0.2) is 32.8 Å². The van der Waals surface area contributed by atoms with Gasteiger partial charge in [-0.2, -0.15) is 0 Å². The van der Waals surface area contributed by atoms with Gasteiger partial charge in [-0.3, -0.25) is 10.1 Å². The second-order valence-corrected chi connectivity index (χ2v) is 7.93. The number of carbonyl (C=O) groups is 1. The highest BCUT2D eigenvalue weighted by molar-refractivity contribution is 7.92. The van der Waals surface area contributed by atoms with Gasteiger partial charge in [0.15, 0.2) is 9.84 Å². The van der Waals surface area contributed by atoms with E-state index in [1.165, 1.54) is 7.11 Å². The normalized spacial score (nSPS) is 23.8. The number of sulfone groups is 1. The van der Waals surface area contributed by atoms with Crippen LogP contribution in [0.3, 0.4) is 0 Å². The molecule has 1 N–H and O–H groups in total. The Bertz CT molecular complexity index is 805. The summed E-state index contributed by atoms with van der Waals surface area (Å²) in [6.45, 7) is 0. The average Bonchev–Trinajstić information content (AvgIpc) is 3.09. The monoisotopic (exact) mass is 345 g/mol. The maximum Gasteiger partial charge on any atom is 0.322 e. The number of benzene rings is 2. The molecule has 6 heteroatoms. The minimum absolute atomic E-state index is 0.184. The molecule has 2 aromatic rings. The van der Waals surface area contributed by atoms with Crippen molar-refractivity contribution < 1.29 is 17.9 Å². The number of esters is 1. The van der Waals surface area contributed by atoms with E-state index in [-0.39, 0.29) is 11.3 Å². The number of ether oxygens (including phenoxy) is 1. The summed E-state index contributed by atoms with van der Waals surface area (Å²) in [5.74, 6) is -0.443. The number of hydrogen-bond acceptors (Lipinski definition) is 5. The maximum absolute atomic E-state index is 13.1. The number of nitrogens with one attached hydrogen (secondary N) is 1. The highest BCUT2D eigenvalue weighted by Crippen LogP contribution is 2.35. The van der Waals surface area contributed by atoms with Gasteiger partial charge < -0.3 is 4.74 Å². The van der Waals surface area contributed by atoms with E-state index in [9.17, 15) is 13.2 Å². The summed E-state index contributed by atoms with van der Waals surface area (Å²) < 4.78 is 31.0. The first-order chi connectivity index (χ1) is 11.5. The molecule has 5 nitrogen and oxygen atoms in total. The van der Waals surface area contributed by atoms with Crippen LogP contribution in [0.1, 0.15) is 18.0 Å². The second kappa shape index (κ2) is 6.75. The predicted octanol–water partition coefficient (Wildman–Crippen LogP) is 2.11. The highest BCUT2D eigenvalue weighted by Gasteiger charge is 2.45. The molecule has 0 aromatic heterocycles. The Labute approximate surface area is 141 Å². The van der Waals surface area contributed by atoms with Gasteiger partial charge in [-0.25, -0.2) is 8.42 Å². The van der Waals surface area contributed by atoms with Crippen LogP contribution in [0.15, 0.2) is 65.6 Å². The molecule has 1 heterocycles. The molecule has 3 rings (SSSR count). The quantitative estimate of drug-likeness (QED) is 0.859. The van der Waals surface area contributed by atoms with E-state index in [0.29, 0.717) is 0 Å². The van der Waals surface area contributed by atoms with E-state index in [2.05, 4.69) is 5.32 Å². The van der Waals surface area contributed by atoms with Gasteiger partial charge in [0, 0.05) is 0 Å². The SMILES string of the molecule is COC(=O)[C@H]1C[C@@H](S(=O)(=O)c2ccccc2)[C@@H](c2ccccc2)N1. The molecule has 0 radical (unpaired) electrons. The Hall–Kier alpha value is -2.18. The van der Waals surface area contributed by atoms with Gasteiger partial charge >= 0.3 is 5.97 Å². The molecular formula is C18H19NO4S. The van der Waals surface area contributed by atoms with E-state index in [1.807, 2.05) is 30.3 Å². The number of methoxy groups -OCH3 is 1. The van der Waals surface area contributed by atoms with Gasteiger partial charge in [0.2, 0.25) is 0 Å². The molecule has 24 heavy (non-hydrogen) atoms. The van der Waals surface area contributed by atoms with E-state index in [4.69, 9.17) is 4.74 Å². The molecule has 126 valence electrons. The molecule has 1 fully saturated rings. The van der Waals surface area contributed by atoms with E-state index in [0.717, 1.165) is 5.56 Å². The summed E-state index contributed by atoms with van der Waals surface area (Å²) in [7, 11) is -2.27. The molecule has 1 aliphatic rings. The number of rotatable bonds is 4. The van der Waals surface area contributed by atoms with Crippen molar-refractivity contribution in [1.82, 2.24) is 5.32 Å². The molecule has 0 amide bonds. The van der Waals surface area contributed by atoms with Crippen LogP contribution in [-0.2, 0) is 19.4 Å². The summed E-state index contributed by atoms with van der Waals surface area (Å²) in [6, 6.07) is 16.6. The van der Waals surface area contributed by atoms with Crippen molar-refractivity contribution in [1.29, 1.82) is 0 Å². The first kappa shape index (κ1) is 16.7. The Kier molecular flexibility index (Phi) is 4.69. The summed E-state index contributed by atoms with van der Waals surface area (Å²) in [5, 5.41) is 2.40. The first-order valence-electron chi connectivity index (χ1n) is 7.72. The second-order valence-electron chi connectivity index (χ2n) is 5.76. The lowest BCUT2D eigenvalue weighted by Gasteiger charge is -2.20. The lowest BCUT2D eigenvalue weighted by Crippen LogP contribution is -2.33. The molecule has 1 saturated heterocycles. The first-order valence-corrected chi connectivity index (χ1v) is 9.26. The lowest BCUT2D eigenvalue weighted by molar-refractivity contribution is -0.142. The number of hydrogen-bond donors (Lipinski definition) is 1. The fraction of sp³-hybridized carbons (Fsp3) is 0.278. The molecule has 0 bridgehead atoms. The molecule has 0 unspecified atom stereocenters. The smallest absolute Gasteiger partial charge is 0.322 e. The van der Waals surface area contributed by atoms with Crippen LogP contribution >= 0.6 is 0 Å². The minimum Gasteiger partial charge on any atom is -0.468 e. The zero-order valence-corrected chi connectivity index (χ0v) is 14.1. The largest absolute Gasteiger partial charge is 0.468 e. The molecule has 3 atom stereocenters. The fourth-order valence-corrected chi connectivity index (χ4v) is 5.05. The zero-order valence-electron chi connectivity index (χ0n) is 13.3. The zero-order chi connectivity index (χ0) is 17.2. The van der Waals surface area contributed by atoms with Crippen molar-refractivity contribution >= 4 is 15.8 Å². The third kappa shape index (κ3) is 3.07. The van der Waals surface area contributed by atoms with Crippen molar-refractivity contribution in [3.8, 4) is 0 Å². The molecule has 1 aliphatic heterocycles. The third-order valence-corrected chi connectivity index (χ3v) is 6.53. The van der Waals surface area contributed by atoms with Gasteiger partial charge in [-0.05, 0) is 24.1 Å². The number of carbonyl (C=O) groups excluding carboxylic acids is 1. The summed E-state index contributed by atoms with van der Waals surface area (Å²) >= 11 is 0. The summed E-state index contributed by atoms with van der Waals surface area (Å²) in [6.07, 6.45) is 0.184. The van der Waals surface area contributed by atoms with Gasteiger partial charge in [0.25, 0.3) is 0 Å². The van der Waals surface area contributed by atoms with Crippen molar-refractivity contribution in [2.45, 2.75) is 28.6 Å². The predicted molar refractivity (Wildman–Crippen MR) is 90.2 cm³/mol. The Balaban J connectivity index is 2.01. The third-order valence-electron chi connectivity index (χ3n) is 4.34. The van der Waals surface area contributed by atoms with Crippen molar-refractivity contribution in [2.24, 2.45) is 0 Å². The highest BCUT2D eigenvalue weighted by atomic mass is 32.2. The van der Waals surface area contributed by atoms with Gasteiger partial charge in [-0.15, -0.1) is 0 Å². The van der Waals surface area contributed by atoms with Gasteiger partial charge in [0.05, 0.1) is 23.3 Å². The lowest BCUT2D eigenvalue weighted by atomic mass is 10.1. The van der Waals surface area contributed by atoms with Crippen molar-refractivity contribution in [2.75, 3.05) is 7.11 Å². The summed E-state index contributed by atoms with van der Waals surface area (Å²) in [4.78, 5) is 12.2. The topological polar surface area (TPSA) is 72.5 Å². The Morgan fingerprint density at radius 2 is 1.62 bits per heavy atom. The maximum atomic E-state index is 13.1. The average molecular weight is 345 g/mol. The van der Waals surface area contributed by atoms with Gasteiger partial charge in [0.1, 0.15) is 6.04 Å². The Morgan fingerprint density at radius 3 is 2.21 bits per heavy atom. The van der Waals surface area contributed by atoms with Crippen molar-refractivity contribution in [3.63, 3.8) is 0 Å². The van der Waals surface area contributed by atoms with E-state index < -0.39 is 33.1 Å². The molecular weight excluding hydrogens is 326 g/mol. The standard InChI is InChI=1S/C18H19NO4S/c1-23-18(20)15-12-16(17(19-15)13-8-4-2-5-9-13)24(21,22)14-10-6-3-7-11-14/h2-11,15-17,19H,12H2,1H3/t15-,16-,17-/m1/s1. The van der Waals surface area contributed by atoms with Crippen LogP contribution in [0.4, 0.5) is 0 Å². The van der Waals surface area contributed by atoms with Crippen LogP contribution in [0.2, 0.25) is 0 Å². The van der Waals surface area contributed by atoms with Crippen LogP contribution in [0, 0.1) is 0 Å². The molecule has 0 aliphatic carbocycles. The van der Waals surface area contributed by atoms with Crippen LogP contribution in [0.5, 0.6) is 0 Å². The van der Waals surface area contributed by atoms with Gasteiger partial charge in [-0.1, -0.05) is 48.5 Å². The minimum atomic E-state index is -3.58. The van der Waals surface area contributed by atoms with Crippen LogP contribution < -0.4 is 5.32 Å². The van der Waals surface area contributed by atoms with E-state index in [1.54, 1.807) is 30.3 Å². The fourth-order valence-electron chi connectivity index (χ4n) is 3.13. The molecule has 0 spiro atoms. The molecule has 0 saturated carbocycles. The Morgan fingerprint density at radius 1 is 1.04 bits per heavy atom. The van der Waals surface area contributed by atoms with E-state index >= 15 is 0 Å². The van der Waals surface area contributed by atoms with Crippen LogP contribution in [0.25, 0.3) is 0 Å². The summed E-state index contributed by atoms with van der Waals surface area (Å²) in [5.41, 5.74) is 0.841. The van der Waals surface area contributed by atoms with Crippen molar-refractivity contribution in [3.05, 3.63) is 66.2 Å². The molecule has 2 aromatic carbocycles.